The first kappa shape index (κ1) is 15.0. The Morgan fingerprint density at radius 3 is 2.65 bits per heavy atom. The number of ether oxygens (including phenoxy) is 1. The van der Waals surface area contributed by atoms with Crippen molar-refractivity contribution in [1.29, 1.82) is 0 Å². The van der Waals surface area contributed by atoms with Crippen LogP contribution >= 0.6 is 0 Å². The summed E-state index contributed by atoms with van der Waals surface area (Å²) in [5.41, 5.74) is 1.57. The molecule has 0 aliphatic rings. The van der Waals surface area contributed by atoms with Crippen LogP contribution in [0.5, 0.6) is 5.75 Å². The molecule has 0 fully saturated rings. The van der Waals surface area contributed by atoms with Gasteiger partial charge >= 0.3 is 0 Å². The van der Waals surface area contributed by atoms with Crippen LogP contribution in [0.3, 0.4) is 0 Å². The fraction of sp³-hybridized carbons (Fsp3) is 0.176. The van der Waals surface area contributed by atoms with Gasteiger partial charge in [0, 0.05) is 6.54 Å². The molecule has 0 radical (unpaired) electrons. The highest BCUT2D eigenvalue weighted by atomic mass is 19.1. The highest BCUT2D eigenvalue weighted by Crippen LogP contribution is 2.15. The zero-order valence-corrected chi connectivity index (χ0v) is 12.7. The second kappa shape index (κ2) is 6.91. The molecule has 118 valence electrons. The summed E-state index contributed by atoms with van der Waals surface area (Å²) in [5.74, 6) is 1.26. The minimum atomic E-state index is -0.184. The van der Waals surface area contributed by atoms with Crippen molar-refractivity contribution in [2.24, 2.45) is 0 Å². The monoisotopic (exact) mass is 312 g/mol. The zero-order chi connectivity index (χ0) is 16.1. The Bertz CT molecular complexity index is 770. The molecule has 0 aliphatic heterocycles. The summed E-state index contributed by atoms with van der Waals surface area (Å²) in [6.45, 7) is 0.586. The predicted octanol–water partition coefficient (Wildman–Crippen LogP) is 3.07. The van der Waals surface area contributed by atoms with Crippen LogP contribution in [0.1, 0.15) is 5.56 Å². The fourth-order valence-electron chi connectivity index (χ4n) is 2.23. The third-order valence-corrected chi connectivity index (χ3v) is 3.49. The largest absolute Gasteiger partial charge is 0.497 e. The van der Waals surface area contributed by atoms with E-state index in [9.17, 15) is 4.39 Å². The van der Waals surface area contributed by atoms with Crippen LogP contribution in [0.2, 0.25) is 0 Å². The molecule has 0 amide bonds. The van der Waals surface area contributed by atoms with Gasteiger partial charge in [-0.2, -0.15) is 0 Å². The summed E-state index contributed by atoms with van der Waals surface area (Å²) >= 11 is 0. The number of anilines is 1. The standard InChI is InChI=1S/C17H17FN4O/c1-23-15-8-6-14(7-9-15)22-12-17(20-21-22)19-11-10-13-4-2-3-5-16(13)18/h2-9,12,19H,10-11H2,1H3. The van der Waals surface area contributed by atoms with Crippen LogP contribution < -0.4 is 10.1 Å². The molecular weight excluding hydrogens is 295 g/mol. The number of nitrogens with one attached hydrogen (secondary N) is 1. The van der Waals surface area contributed by atoms with Gasteiger partial charge in [-0.15, -0.1) is 5.10 Å². The highest BCUT2D eigenvalue weighted by Gasteiger charge is 2.04. The van der Waals surface area contributed by atoms with Gasteiger partial charge in [-0.05, 0) is 42.3 Å². The number of methoxy groups -OCH3 is 1. The maximum absolute atomic E-state index is 13.5. The smallest absolute Gasteiger partial charge is 0.169 e. The lowest BCUT2D eigenvalue weighted by Gasteiger charge is -2.04. The molecule has 0 saturated heterocycles. The maximum atomic E-state index is 13.5. The normalized spacial score (nSPS) is 10.5. The molecule has 0 spiro atoms. The Labute approximate surface area is 133 Å². The molecule has 6 heteroatoms. The van der Waals surface area contributed by atoms with Gasteiger partial charge in [0.05, 0.1) is 19.0 Å². The first-order valence-electron chi connectivity index (χ1n) is 7.30. The maximum Gasteiger partial charge on any atom is 0.169 e. The van der Waals surface area contributed by atoms with E-state index in [0.717, 1.165) is 11.4 Å². The van der Waals surface area contributed by atoms with Crippen LogP contribution in [0.15, 0.2) is 54.7 Å². The van der Waals surface area contributed by atoms with Crippen molar-refractivity contribution >= 4 is 5.82 Å². The van der Waals surface area contributed by atoms with Crippen molar-refractivity contribution in [3.8, 4) is 11.4 Å². The topological polar surface area (TPSA) is 52.0 Å². The van der Waals surface area contributed by atoms with Crippen molar-refractivity contribution in [3.63, 3.8) is 0 Å². The number of hydrogen-bond acceptors (Lipinski definition) is 4. The first-order chi connectivity index (χ1) is 11.3. The van der Waals surface area contributed by atoms with Gasteiger partial charge in [0.15, 0.2) is 5.82 Å². The quantitative estimate of drug-likeness (QED) is 0.760. The summed E-state index contributed by atoms with van der Waals surface area (Å²) in [4.78, 5) is 0. The zero-order valence-electron chi connectivity index (χ0n) is 12.7. The lowest BCUT2D eigenvalue weighted by molar-refractivity contribution is 0.414. The van der Waals surface area contributed by atoms with Crippen molar-refractivity contribution in [3.05, 3.63) is 66.1 Å². The van der Waals surface area contributed by atoms with Gasteiger partial charge in [-0.1, -0.05) is 23.4 Å². The summed E-state index contributed by atoms with van der Waals surface area (Å²) in [6, 6.07) is 14.3. The van der Waals surface area contributed by atoms with Crippen LogP contribution in [-0.2, 0) is 6.42 Å². The third-order valence-electron chi connectivity index (χ3n) is 3.49. The lowest BCUT2D eigenvalue weighted by Crippen LogP contribution is -2.06. The van der Waals surface area contributed by atoms with E-state index in [1.54, 1.807) is 30.1 Å². The summed E-state index contributed by atoms with van der Waals surface area (Å²) < 4.78 is 20.3. The van der Waals surface area contributed by atoms with Crippen molar-refractivity contribution in [2.75, 3.05) is 19.0 Å². The molecule has 0 saturated carbocycles. The van der Waals surface area contributed by atoms with Crippen molar-refractivity contribution < 1.29 is 9.13 Å². The molecule has 0 unspecified atom stereocenters. The Morgan fingerprint density at radius 1 is 1.13 bits per heavy atom. The summed E-state index contributed by atoms with van der Waals surface area (Å²) in [7, 11) is 1.63. The number of halogens is 1. The molecule has 1 N–H and O–H groups in total. The SMILES string of the molecule is COc1ccc(-n2cc(NCCc3ccccc3F)nn2)cc1. The minimum absolute atomic E-state index is 0.184. The van der Waals surface area contributed by atoms with Gasteiger partial charge < -0.3 is 10.1 Å². The molecule has 1 aromatic heterocycles. The van der Waals surface area contributed by atoms with Gasteiger partial charge in [-0.3, -0.25) is 0 Å². The number of hydrogen-bond donors (Lipinski definition) is 1. The molecule has 5 nitrogen and oxygen atoms in total. The second-order valence-corrected chi connectivity index (χ2v) is 5.01. The Kier molecular flexibility index (Phi) is 4.52. The van der Waals surface area contributed by atoms with E-state index in [1.165, 1.54) is 6.07 Å². The van der Waals surface area contributed by atoms with E-state index in [1.807, 2.05) is 30.3 Å². The Hall–Kier alpha value is -2.89. The van der Waals surface area contributed by atoms with Gasteiger partial charge in [0.25, 0.3) is 0 Å². The van der Waals surface area contributed by atoms with Gasteiger partial charge in [0.2, 0.25) is 0 Å². The molecule has 0 atom stereocenters. The van der Waals surface area contributed by atoms with Crippen LogP contribution in [0, 0.1) is 5.82 Å². The summed E-state index contributed by atoms with van der Waals surface area (Å²) in [5, 5.41) is 11.3. The van der Waals surface area contributed by atoms with Crippen molar-refractivity contribution in [2.45, 2.75) is 6.42 Å². The van der Waals surface area contributed by atoms with E-state index >= 15 is 0 Å². The number of benzene rings is 2. The number of nitrogens with zero attached hydrogens (tertiary/aromatic N) is 3. The van der Waals surface area contributed by atoms with Gasteiger partial charge in [0.1, 0.15) is 11.6 Å². The minimum Gasteiger partial charge on any atom is -0.497 e. The molecule has 1 heterocycles. The predicted molar refractivity (Wildman–Crippen MR) is 86.5 cm³/mol. The number of aromatic nitrogens is 3. The molecule has 0 bridgehead atoms. The average molecular weight is 312 g/mol. The van der Waals surface area contributed by atoms with E-state index in [-0.39, 0.29) is 5.82 Å². The molecule has 0 aliphatic carbocycles. The van der Waals surface area contributed by atoms with E-state index in [0.29, 0.717) is 24.3 Å². The average Bonchev–Trinajstić information content (AvgIpc) is 3.06. The fourth-order valence-corrected chi connectivity index (χ4v) is 2.23. The molecule has 3 aromatic rings. The molecule has 2 aromatic carbocycles. The first-order valence-corrected chi connectivity index (χ1v) is 7.30. The van der Waals surface area contributed by atoms with E-state index in [2.05, 4.69) is 15.6 Å². The molecule has 23 heavy (non-hydrogen) atoms. The lowest BCUT2D eigenvalue weighted by atomic mass is 10.1. The Balaban J connectivity index is 1.60. The Morgan fingerprint density at radius 2 is 1.91 bits per heavy atom. The van der Waals surface area contributed by atoms with Crippen LogP contribution in [0.25, 0.3) is 5.69 Å². The third kappa shape index (κ3) is 3.66. The second-order valence-electron chi connectivity index (χ2n) is 5.01. The van der Waals surface area contributed by atoms with Gasteiger partial charge in [-0.25, -0.2) is 9.07 Å². The molecule has 3 rings (SSSR count). The summed E-state index contributed by atoms with van der Waals surface area (Å²) in [6.07, 6.45) is 2.38. The van der Waals surface area contributed by atoms with E-state index in [4.69, 9.17) is 4.74 Å². The highest BCUT2D eigenvalue weighted by molar-refractivity contribution is 5.39. The molecular formula is C17H17FN4O. The van der Waals surface area contributed by atoms with E-state index < -0.39 is 0 Å². The van der Waals surface area contributed by atoms with Crippen LogP contribution in [0.4, 0.5) is 10.2 Å². The number of rotatable bonds is 6. The van der Waals surface area contributed by atoms with Crippen molar-refractivity contribution in [1.82, 2.24) is 15.0 Å². The van der Waals surface area contributed by atoms with Crippen LogP contribution in [-0.4, -0.2) is 28.6 Å².